The quantitative estimate of drug-likeness (QED) is 0.166. The molecule has 0 aliphatic heterocycles. The number of rotatable bonds is 4. The molecule has 0 atom stereocenters. The molecule has 0 N–H and O–H groups in total. The Morgan fingerprint density at radius 1 is 0.318 bits per heavy atom. The van der Waals surface area contributed by atoms with Gasteiger partial charge >= 0.3 is 0 Å². The number of nitrogens with zero attached hydrogens (tertiary/aromatic N) is 3. The van der Waals surface area contributed by atoms with Crippen molar-refractivity contribution < 1.29 is 4.42 Å². The van der Waals surface area contributed by atoms with Gasteiger partial charge in [-0.3, -0.25) is 9.20 Å². The highest BCUT2D eigenvalue weighted by molar-refractivity contribution is 6.23. The second-order valence-electron chi connectivity index (χ2n) is 17.6. The lowest BCUT2D eigenvalue weighted by atomic mass is 9.97. The molecule has 0 bridgehead atoms. The van der Waals surface area contributed by atoms with E-state index in [0.29, 0.717) is 5.39 Å². The lowest BCUT2D eigenvalue weighted by Crippen LogP contribution is -2.12. The lowest BCUT2D eigenvalue weighted by Gasteiger charge is -2.10. The van der Waals surface area contributed by atoms with Crippen LogP contribution in [0.3, 0.4) is 0 Å². The molecule has 5 nitrogen and oxygen atoms in total. The van der Waals surface area contributed by atoms with Crippen LogP contribution in [0.4, 0.5) is 0 Å². The van der Waals surface area contributed by atoms with Crippen LogP contribution in [0.15, 0.2) is 222 Å². The van der Waals surface area contributed by atoms with Crippen molar-refractivity contribution in [1.82, 2.24) is 13.5 Å². The van der Waals surface area contributed by atoms with Crippen molar-refractivity contribution in [1.29, 1.82) is 0 Å². The van der Waals surface area contributed by atoms with E-state index in [2.05, 4.69) is 209 Å². The van der Waals surface area contributed by atoms with Gasteiger partial charge in [-0.05, 0) is 113 Å². The second-order valence-corrected chi connectivity index (χ2v) is 17.6. The molecular weight excluding hydrogens is 807 g/mol. The summed E-state index contributed by atoms with van der Waals surface area (Å²) in [5, 5.41) is 11.9. The monoisotopic (exact) mass is 841 g/mol. The molecule has 0 spiro atoms. The summed E-state index contributed by atoms with van der Waals surface area (Å²) in [4.78, 5) is 14.5. The third-order valence-electron chi connectivity index (χ3n) is 14.2. The van der Waals surface area contributed by atoms with E-state index >= 15 is 0 Å². The van der Waals surface area contributed by atoms with Crippen LogP contribution in [-0.4, -0.2) is 13.5 Å². The van der Waals surface area contributed by atoms with Gasteiger partial charge in [0.15, 0.2) is 0 Å². The van der Waals surface area contributed by atoms with E-state index in [1.165, 1.54) is 27.1 Å². The molecule has 0 unspecified atom stereocenters. The molecule has 0 radical (unpaired) electrons. The Morgan fingerprint density at radius 3 is 1.71 bits per heavy atom. The molecule has 0 amide bonds. The standard InChI is InChI=1S/C61H35N3O2/c65-61-46-28-25-37(36-13-3-1-4-14-36)31-47(46)44-20-11-21-45-48-32-38(26-29-54(48)64(61)60(44)45)41-19-12-24-58-59(41)51-33-40(27-30-57(51)66-58)63-53-23-10-8-18-43(53)50-34-49-42-17-7-9-22-52(42)62(55(49)35-56(50)63)39-15-5-2-6-16-39/h1-35H. The van der Waals surface area contributed by atoms with Crippen LogP contribution in [0.25, 0.3) is 137 Å². The lowest BCUT2D eigenvalue weighted by molar-refractivity contribution is 0.669. The summed E-state index contributed by atoms with van der Waals surface area (Å²) in [6.45, 7) is 0. The number of benzene rings is 10. The van der Waals surface area contributed by atoms with Crippen molar-refractivity contribution in [2.75, 3.05) is 0 Å². The first-order chi connectivity index (χ1) is 32.7. The highest BCUT2D eigenvalue weighted by Gasteiger charge is 2.22. The summed E-state index contributed by atoms with van der Waals surface area (Å²) < 4.78 is 13.4. The molecule has 15 aromatic rings. The van der Waals surface area contributed by atoms with Crippen LogP contribution < -0.4 is 5.56 Å². The van der Waals surface area contributed by atoms with Crippen LogP contribution in [0.2, 0.25) is 0 Å². The molecule has 66 heavy (non-hydrogen) atoms. The molecule has 0 saturated heterocycles. The Hall–Kier alpha value is -8.93. The fourth-order valence-electron chi connectivity index (χ4n) is 11.3. The molecule has 0 saturated carbocycles. The summed E-state index contributed by atoms with van der Waals surface area (Å²) in [5.41, 5.74) is 14.7. The molecule has 5 heteroatoms. The minimum absolute atomic E-state index is 0.00107. The van der Waals surface area contributed by atoms with Crippen LogP contribution >= 0.6 is 0 Å². The molecule has 10 aromatic carbocycles. The summed E-state index contributed by atoms with van der Waals surface area (Å²) in [5.74, 6) is 0. The second kappa shape index (κ2) is 13.1. The van der Waals surface area contributed by atoms with Gasteiger partial charge in [-0.25, -0.2) is 0 Å². The third kappa shape index (κ3) is 4.75. The van der Waals surface area contributed by atoms with Crippen molar-refractivity contribution in [3.05, 3.63) is 223 Å². The fraction of sp³-hybridized carbons (Fsp3) is 0. The maximum absolute atomic E-state index is 14.5. The van der Waals surface area contributed by atoms with E-state index in [4.69, 9.17) is 4.42 Å². The molecular formula is C61H35N3O2. The summed E-state index contributed by atoms with van der Waals surface area (Å²) in [6, 6.07) is 75.4. The third-order valence-corrected chi connectivity index (χ3v) is 14.2. The Morgan fingerprint density at radius 2 is 0.939 bits per heavy atom. The first-order valence-electron chi connectivity index (χ1n) is 22.5. The van der Waals surface area contributed by atoms with Gasteiger partial charge in [-0.15, -0.1) is 0 Å². The van der Waals surface area contributed by atoms with E-state index < -0.39 is 0 Å². The summed E-state index contributed by atoms with van der Waals surface area (Å²) >= 11 is 0. The Bertz CT molecular complexity index is 4590. The Balaban J connectivity index is 0.948. The van der Waals surface area contributed by atoms with Crippen molar-refractivity contribution in [2.24, 2.45) is 0 Å². The number of furan rings is 1. The number of pyridine rings is 1. The number of hydrogen-bond donors (Lipinski definition) is 0. The van der Waals surface area contributed by atoms with Crippen molar-refractivity contribution in [3.63, 3.8) is 0 Å². The first kappa shape index (κ1) is 35.5. The van der Waals surface area contributed by atoms with Crippen molar-refractivity contribution >= 4 is 104 Å². The van der Waals surface area contributed by atoms with Gasteiger partial charge in [-0.1, -0.05) is 127 Å². The Labute approximate surface area is 376 Å². The molecule has 0 fully saturated rings. The normalized spacial score (nSPS) is 12.3. The predicted octanol–water partition coefficient (Wildman–Crippen LogP) is 15.6. The minimum atomic E-state index is -0.00107. The fourth-order valence-corrected chi connectivity index (χ4v) is 11.3. The zero-order valence-electron chi connectivity index (χ0n) is 35.4. The predicted molar refractivity (Wildman–Crippen MR) is 274 cm³/mol. The Kier molecular flexibility index (Phi) is 7.03. The van der Waals surface area contributed by atoms with Crippen molar-refractivity contribution in [3.8, 4) is 33.6 Å². The zero-order chi connectivity index (χ0) is 43.2. The topological polar surface area (TPSA) is 44.5 Å². The van der Waals surface area contributed by atoms with Gasteiger partial charge in [0.05, 0.1) is 33.1 Å². The maximum atomic E-state index is 14.5. The largest absolute Gasteiger partial charge is 0.456 e. The molecule has 306 valence electrons. The molecule has 0 aliphatic carbocycles. The van der Waals surface area contributed by atoms with Crippen LogP contribution in [-0.2, 0) is 0 Å². The SMILES string of the molecule is O=c1c2ccc(-c3ccccc3)cc2c2cccc3c4cc(-c5cccc6oc7ccc(-n8c9ccccc9c9cc%10c%11ccccc%11n(-c%11ccccc%11)c%10cc98)cc7c56)ccc4n1c23. The van der Waals surface area contributed by atoms with Gasteiger partial charge in [0.2, 0.25) is 0 Å². The van der Waals surface area contributed by atoms with Crippen LogP contribution in [0, 0.1) is 0 Å². The first-order valence-corrected chi connectivity index (χ1v) is 22.5. The van der Waals surface area contributed by atoms with E-state index in [-0.39, 0.29) is 5.56 Å². The molecule has 5 aromatic heterocycles. The number of para-hydroxylation sites is 4. The van der Waals surface area contributed by atoms with Crippen molar-refractivity contribution in [2.45, 2.75) is 0 Å². The summed E-state index contributed by atoms with van der Waals surface area (Å²) in [7, 11) is 0. The van der Waals surface area contributed by atoms with Crippen LogP contribution in [0.5, 0.6) is 0 Å². The zero-order valence-corrected chi connectivity index (χ0v) is 35.4. The summed E-state index contributed by atoms with van der Waals surface area (Å²) in [6.07, 6.45) is 0. The highest BCUT2D eigenvalue weighted by Crippen LogP contribution is 2.44. The van der Waals surface area contributed by atoms with Crippen LogP contribution in [0.1, 0.15) is 0 Å². The van der Waals surface area contributed by atoms with Gasteiger partial charge in [0.25, 0.3) is 5.56 Å². The smallest absolute Gasteiger partial charge is 0.263 e. The minimum Gasteiger partial charge on any atom is -0.456 e. The van der Waals surface area contributed by atoms with E-state index in [1.54, 1.807) is 0 Å². The average Bonchev–Trinajstić information content (AvgIpc) is 4.11. The van der Waals surface area contributed by atoms with Gasteiger partial charge < -0.3 is 13.6 Å². The number of fused-ring (bicyclic) bond motifs is 14. The maximum Gasteiger partial charge on any atom is 0.263 e. The van der Waals surface area contributed by atoms with Gasteiger partial charge in [0.1, 0.15) is 11.2 Å². The molecule has 15 rings (SSSR count). The van der Waals surface area contributed by atoms with Gasteiger partial charge in [0, 0.05) is 65.2 Å². The molecule has 0 aliphatic rings. The number of aromatic nitrogens is 3. The average molecular weight is 842 g/mol. The van der Waals surface area contributed by atoms with E-state index in [0.717, 1.165) is 105 Å². The highest BCUT2D eigenvalue weighted by atomic mass is 16.3. The van der Waals surface area contributed by atoms with E-state index in [1.807, 2.05) is 16.5 Å². The molecule has 5 heterocycles. The van der Waals surface area contributed by atoms with E-state index in [9.17, 15) is 4.79 Å². The number of hydrogen-bond acceptors (Lipinski definition) is 2. The van der Waals surface area contributed by atoms with Gasteiger partial charge in [-0.2, -0.15) is 0 Å².